The lowest BCUT2D eigenvalue weighted by Gasteiger charge is -2.35. The van der Waals surface area contributed by atoms with E-state index in [2.05, 4.69) is 10.1 Å². The van der Waals surface area contributed by atoms with Crippen molar-refractivity contribution in [1.29, 1.82) is 0 Å². The molecule has 3 heterocycles. The molecule has 164 valence electrons. The number of ether oxygens (including phenoxy) is 2. The van der Waals surface area contributed by atoms with Crippen molar-refractivity contribution in [2.45, 2.75) is 70.4 Å². The number of aliphatic hydroxyl groups is 2. The molecule has 0 unspecified atom stereocenters. The number of fused-ring (bicyclic) bond motifs is 1. The third-order valence-corrected chi connectivity index (χ3v) is 6.70. The molecule has 4 rings (SSSR count). The number of rotatable bonds is 5. The molecule has 9 nitrogen and oxygen atoms in total. The van der Waals surface area contributed by atoms with E-state index in [0.29, 0.717) is 22.9 Å². The molecule has 9 heteroatoms. The lowest BCUT2D eigenvalue weighted by atomic mass is 9.71. The van der Waals surface area contributed by atoms with Crippen LogP contribution in [0, 0.1) is 11.3 Å². The van der Waals surface area contributed by atoms with E-state index in [9.17, 15) is 15.0 Å². The zero-order valence-electron chi connectivity index (χ0n) is 17.4. The van der Waals surface area contributed by atoms with E-state index in [0.717, 1.165) is 25.7 Å². The Morgan fingerprint density at radius 1 is 1.27 bits per heavy atom. The van der Waals surface area contributed by atoms with Crippen molar-refractivity contribution in [1.82, 2.24) is 14.6 Å². The number of hydrogen-bond donors (Lipinski definition) is 3. The number of carbonyl (C=O) groups is 1. The highest BCUT2D eigenvalue weighted by atomic mass is 16.6. The number of carbonyl (C=O) groups excluding carboxylic acids is 1. The van der Waals surface area contributed by atoms with Gasteiger partial charge in [-0.3, -0.25) is 4.79 Å². The fourth-order valence-corrected chi connectivity index (χ4v) is 4.65. The summed E-state index contributed by atoms with van der Waals surface area (Å²) in [6.45, 7) is 3.72. The van der Waals surface area contributed by atoms with Crippen LogP contribution in [-0.4, -0.2) is 55.7 Å². The van der Waals surface area contributed by atoms with Gasteiger partial charge in [-0.1, -0.05) is 19.3 Å². The average molecular weight is 418 g/mol. The third-order valence-electron chi connectivity index (χ3n) is 6.70. The number of nitrogens with zero attached hydrogens (tertiary/aromatic N) is 3. The monoisotopic (exact) mass is 418 g/mol. The van der Waals surface area contributed by atoms with Crippen molar-refractivity contribution in [2.24, 2.45) is 11.3 Å². The summed E-state index contributed by atoms with van der Waals surface area (Å²) in [5, 5.41) is 25.2. The molecule has 0 spiro atoms. The van der Waals surface area contributed by atoms with Crippen LogP contribution in [0.15, 0.2) is 18.5 Å². The molecule has 2 fully saturated rings. The van der Waals surface area contributed by atoms with Crippen molar-refractivity contribution >= 4 is 17.3 Å². The Hall–Kier alpha value is -2.23. The molecule has 0 amide bonds. The number of nitrogens with two attached hydrogens (primary N) is 1. The summed E-state index contributed by atoms with van der Waals surface area (Å²) < 4.78 is 13.0. The van der Waals surface area contributed by atoms with Crippen LogP contribution < -0.4 is 5.73 Å². The first kappa shape index (κ1) is 21.0. The number of aromatic nitrogens is 3. The quantitative estimate of drug-likeness (QED) is 0.624. The molecule has 1 saturated heterocycles. The molecule has 1 aliphatic heterocycles. The van der Waals surface area contributed by atoms with Gasteiger partial charge in [0.2, 0.25) is 0 Å². The fourth-order valence-electron chi connectivity index (χ4n) is 4.65. The minimum Gasteiger partial charge on any atom is -0.462 e. The van der Waals surface area contributed by atoms with Crippen molar-refractivity contribution < 1.29 is 24.5 Å². The Labute approximate surface area is 175 Å². The lowest BCUT2D eigenvalue weighted by molar-refractivity contribution is -0.163. The predicted molar refractivity (Wildman–Crippen MR) is 108 cm³/mol. The largest absolute Gasteiger partial charge is 0.462 e. The standard InChI is InChI=1S/C21H30N4O5/c1-21(2,12-6-4-3-5-7-12)20(28)29-10-15-16(26)17(27)18(30-15)13-8-9-14-19(22)23-11-24-25(13)14/h8-9,11-12,15-18,26-27H,3-7,10H2,1-2H3,(H2,22,23,24)/t15-,16-,17-,18+/m1/s1. The number of nitrogen functional groups attached to an aromatic ring is 1. The van der Waals surface area contributed by atoms with Crippen LogP contribution in [-0.2, 0) is 14.3 Å². The summed E-state index contributed by atoms with van der Waals surface area (Å²) in [4.78, 5) is 16.7. The van der Waals surface area contributed by atoms with Gasteiger partial charge in [0.05, 0.1) is 11.1 Å². The summed E-state index contributed by atoms with van der Waals surface area (Å²) in [6, 6.07) is 3.45. The van der Waals surface area contributed by atoms with Gasteiger partial charge >= 0.3 is 5.97 Å². The highest BCUT2D eigenvalue weighted by molar-refractivity contribution is 5.76. The summed E-state index contributed by atoms with van der Waals surface area (Å²) in [7, 11) is 0. The summed E-state index contributed by atoms with van der Waals surface area (Å²) >= 11 is 0. The molecule has 1 saturated carbocycles. The average Bonchev–Trinajstić information content (AvgIpc) is 3.29. The number of anilines is 1. The highest BCUT2D eigenvalue weighted by Crippen LogP contribution is 2.40. The zero-order valence-corrected chi connectivity index (χ0v) is 17.4. The van der Waals surface area contributed by atoms with E-state index in [-0.39, 0.29) is 12.6 Å². The van der Waals surface area contributed by atoms with Gasteiger partial charge < -0.3 is 25.4 Å². The van der Waals surface area contributed by atoms with E-state index in [4.69, 9.17) is 15.2 Å². The smallest absolute Gasteiger partial charge is 0.311 e. The molecule has 0 bridgehead atoms. The van der Waals surface area contributed by atoms with Gasteiger partial charge in [0.1, 0.15) is 42.9 Å². The van der Waals surface area contributed by atoms with E-state index in [1.807, 2.05) is 13.8 Å². The third kappa shape index (κ3) is 3.66. The molecule has 0 radical (unpaired) electrons. The van der Waals surface area contributed by atoms with Crippen molar-refractivity contribution in [2.75, 3.05) is 12.3 Å². The minimum atomic E-state index is -1.19. The molecule has 0 aromatic carbocycles. The van der Waals surface area contributed by atoms with Crippen molar-refractivity contribution in [3.8, 4) is 0 Å². The molecule has 4 N–H and O–H groups in total. The van der Waals surface area contributed by atoms with Crippen LogP contribution in [0.5, 0.6) is 0 Å². The molecule has 4 atom stereocenters. The number of esters is 1. The van der Waals surface area contributed by atoms with Gasteiger partial charge in [-0.25, -0.2) is 9.50 Å². The number of hydrogen-bond acceptors (Lipinski definition) is 8. The first-order chi connectivity index (χ1) is 14.3. The first-order valence-electron chi connectivity index (χ1n) is 10.6. The Kier molecular flexibility index (Phi) is 5.69. The number of aliphatic hydroxyl groups excluding tert-OH is 2. The summed E-state index contributed by atoms with van der Waals surface area (Å²) in [5.74, 6) is 0.306. The van der Waals surface area contributed by atoms with Gasteiger partial charge in [-0.15, -0.1) is 0 Å². The van der Waals surface area contributed by atoms with E-state index in [1.165, 1.54) is 17.3 Å². The second-order valence-corrected chi connectivity index (χ2v) is 8.93. The maximum absolute atomic E-state index is 12.8. The second-order valence-electron chi connectivity index (χ2n) is 8.93. The maximum Gasteiger partial charge on any atom is 0.311 e. The highest BCUT2D eigenvalue weighted by Gasteiger charge is 2.46. The molecule has 2 aromatic heterocycles. The van der Waals surface area contributed by atoms with Crippen LogP contribution in [0.4, 0.5) is 5.82 Å². The van der Waals surface area contributed by atoms with Crippen LogP contribution in [0.1, 0.15) is 57.7 Å². The van der Waals surface area contributed by atoms with Gasteiger partial charge in [-0.2, -0.15) is 5.10 Å². The normalized spacial score (nSPS) is 28.1. The van der Waals surface area contributed by atoms with E-state index < -0.39 is 29.8 Å². The Balaban J connectivity index is 1.43. The van der Waals surface area contributed by atoms with Crippen molar-refractivity contribution in [3.05, 3.63) is 24.2 Å². The second kappa shape index (κ2) is 8.13. The van der Waals surface area contributed by atoms with E-state index in [1.54, 1.807) is 12.1 Å². The Morgan fingerprint density at radius 3 is 2.73 bits per heavy atom. The van der Waals surface area contributed by atoms with Crippen LogP contribution in [0.25, 0.3) is 5.52 Å². The lowest BCUT2D eigenvalue weighted by Crippen LogP contribution is -2.39. The molecular weight excluding hydrogens is 388 g/mol. The fraction of sp³-hybridized carbons (Fsp3) is 0.667. The maximum atomic E-state index is 12.8. The molecule has 1 aliphatic carbocycles. The van der Waals surface area contributed by atoms with Gasteiger partial charge in [0.15, 0.2) is 5.82 Å². The van der Waals surface area contributed by atoms with Crippen molar-refractivity contribution in [3.63, 3.8) is 0 Å². The molecule has 2 aromatic rings. The first-order valence-corrected chi connectivity index (χ1v) is 10.6. The van der Waals surface area contributed by atoms with Crippen LogP contribution >= 0.6 is 0 Å². The molecular formula is C21H30N4O5. The van der Waals surface area contributed by atoms with Gasteiger partial charge in [-0.05, 0) is 44.7 Å². The molecule has 30 heavy (non-hydrogen) atoms. The Bertz CT molecular complexity index is 908. The van der Waals surface area contributed by atoms with E-state index >= 15 is 0 Å². The van der Waals surface area contributed by atoms with Crippen LogP contribution in [0.2, 0.25) is 0 Å². The SMILES string of the molecule is CC(C)(C(=O)OC[C@H]1O[C@@H](c2ccc3c(N)ncnn23)[C@H](O)[C@@H]1O)C1CCCCC1. The molecule has 2 aliphatic rings. The minimum absolute atomic E-state index is 0.121. The Morgan fingerprint density at radius 2 is 2.00 bits per heavy atom. The van der Waals surface area contributed by atoms with Gasteiger partial charge in [0.25, 0.3) is 0 Å². The van der Waals surface area contributed by atoms with Crippen LogP contribution in [0.3, 0.4) is 0 Å². The summed E-state index contributed by atoms with van der Waals surface area (Å²) in [6.07, 6.45) is 2.82. The van der Waals surface area contributed by atoms with Gasteiger partial charge in [0, 0.05) is 0 Å². The zero-order chi connectivity index (χ0) is 21.5. The predicted octanol–water partition coefficient (Wildman–Crippen LogP) is 1.62. The topological polar surface area (TPSA) is 132 Å². The summed E-state index contributed by atoms with van der Waals surface area (Å²) in [5.41, 5.74) is 6.40.